The highest BCUT2D eigenvalue weighted by Gasteiger charge is 2.13. The van der Waals surface area contributed by atoms with Crippen molar-refractivity contribution in [3.05, 3.63) is 24.3 Å². The van der Waals surface area contributed by atoms with E-state index in [1.165, 1.54) is 0 Å². The number of benzene rings is 1. The standard InChI is InChI=1S/C14H21NO2S/c1-14(2,3)15-13(16)9-10-18-12-7-5-11(17-4)6-8-12/h5-8H,9-10H2,1-4H3,(H,15,16). The second-order valence-corrected chi connectivity index (χ2v) is 6.24. The predicted molar refractivity (Wildman–Crippen MR) is 76.2 cm³/mol. The first-order valence-electron chi connectivity index (χ1n) is 5.98. The summed E-state index contributed by atoms with van der Waals surface area (Å²) in [5.74, 6) is 1.74. The second kappa shape index (κ2) is 6.69. The molecule has 1 rings (SSSR count). The van der Waals surface area contributed by atoms with Crippen molar-refractivity contribution < 1.29 is 9.53 Å². The zero-order valence-corrected chi connectivity index (χ0v) is 12.3. The van der Waals surface area contributed by atoms with Crippen molar-refractivity contribution in [3.8, 4) is 5.75 Å². The summed E-state index contributed by atoms with van der Waals surface area (Å²) in [7, 11) is 1.65. The minimum absolute atomic E-state index is 0.100. The van der Waals surface area contributed by atoms with Crippen LogP contribution in [-0.4, -0.2) is 24.3 Å². The van der Waals surface area contributed by atoms with Gasteiger partial charge in [-0.3, -0.25) is 4.79 Å². The SMILES string of the molecule is COc1ccc(SCCC(=O)NC(C)(C)C)cc1. The van der Waals surface area contributed by atoms with Crippen LogP contribution >= 0.6 is 11.8 Å². The molecule has 0 heterocycles. The second-order valence-electron chi connectivity index (χ2n) is 5.07. The van der Waals surface area contributed by atoms with E-state index in [2.05, 4.69) is 5.32 Å². The molecule has 3 nitrogen and oxygen atoms in total. The minimum atomic E-state index is -0.151. The van der Waals surface area contributed by atoms with Crippen molar-refractivity contribution in [2.45, 2.75) is 37.6 Å². The molecule has 0 spiro atoms. The number of carbonyl (C=O) groups excluding carboxylic acids is 1. The molecule has 0 radical (unpaired) electrons. The van der Waals surface area contributed by atoms with Crippen molar-refractivity contribution in [3.63, 3.8) is 0 Å². The molecule has 1 N–H and O–H groups in total. The van der Waals surface area contributed by atoms with Gasteiger partial charge in [-0.15, -0.1) is 11.8 Å². The Morgan fingerprint density at radius 1 is 1.28 bits per heavy atom. The van der Waals surface area contributed by atoms with Crippen LogP contribution in [0.25, 0.3) is 0 Å². The summed E-state index contributed by atoms with van der Waals surface area (Å²) in [6, 6.07) is 7.87. The van der Waals surface area contributed by atoms with E-state index in [0.717, 1.165) is 16.4 Å². The van der Waals surface area contributed by atoms with Crippen LogP contribution in [0.1, 0.15) is 27.2 Å². The Hall–Kier alpha value is -1.16. The van der Waals surface area contributed by atoms with Crippen LogP contribution < -0.4 is 10.1 Å². The Balaban J connectivity index is 2.30. The molecule has 18 heavy (non-hydrogen) atoms. The van der Waals surface area contributed by atoms with Gasteiger partial charge in [0, 0.05) is 22.6 Å². The fourth-order valence-corrected chi connectivity index (χ4v) is 2.27. The molecule has 0 aliphatic heterocycles. The molecule has 4 heteroatoms. The molecule has 100 valence electrons. The van der Waals surface area contributed by atoms with Gasteiger partial charge in [-0.05, 0) is 45.0 Å². The van der Waals surface area contributed by atoms with E-state index in [9.17, 15) is 4.79 Å². The Kier molecular flexibility index (Phi) is 5.54. The van der Waals surface area contributed by atoms with Crippen LogP contribution in [0, 0.1) is 0 Å². The third kappa shape index (κ3) is 5.96. The average Bonchev–Trinajstić information content (AvgIpc) is 2.27. The molecule has 0 aliphatic carbocycles. The first kappa shape index (κ1) is 14.9. The van der Waals surface area contributed by atoms with E-state index in [1.807, 2.05) is 45.0 Å². The Bertz CT molecular complexity index is 382. The maximum Gasteiger partial charge on any atom is 0.221 e. The Morgan fingerprint density at radius 2 is 1.89 bits per heavy atom. The average molecular weight is 267 g/mol. The van der Waals surface area contributed by atoms with E-state index in [-0.39, 0.29) is 11.4 Å². The first-order valence-corrected chi connectivity index (χ1v) is 6.97. The van der Waals surface area contributed by atoms with Crippen molar-refractivity contribution in [1.82, 2.24) is 5.32 Å². The normalized spacial score (nSPS) is 11.1. The lowest BCUT2D eigenvalue weighted by atomic mass is 10.1. The van der Waals surface area contributed by atoms with Gasteiger partial charge in [0.2, 0.25) is 5.91 Å². The third-order valence-corrected chi connectivity index (χ3v) is 3.19. The number of rotatable bonds is 5. The van der Waals surface area contributed by atoms with Crippen LogP contribution in [0.2, 0.25) is 0 Å². The Labute approximate surface area is 113 Å². The van der Waals surface area contributed by atoms with Crippen LogP contribution in [0.5, 0.6) is 5.75 Å². The molecule has 0 unspecified atom stereocenters. The van der Waals surface area contributed by atoms with E-state index in [0.29, 0.717) is 6.42 Å². The van der Waals surface area contributed by atoms with Gasteiger partial charge in [-0.1, -0.05) is 0 Å². The lowest BCUT2D eigenvalue weighted by molar-refractivity contribution is -0.122. The zero-order valence-electron chi connectivity index (χ0n) is 11.4. The highest BCUT2D eigenvalue weighted by Crippen LogP contribution is 2.21. The summed E-state index contributed by atoms with van der Waals surface area (Å²) >= 11 is 1.68. The van der Waals surface area contributed by atoms with Gasteiger partial charge in [-0.2, -0.15) is 0 Å². The maximum atomic E-state index is 11.6. The van der Waals surface area contributed by atoms with Gasteiger partial charge in [0.25, 0.3) is 0 Å². The Morgan fingerprint density at radius 3 is 2.39 bits per heavy atom. The van der Waals surface area contributed by atoms with Crippen LogP contribution in [0.3, 0.4) is 0 Å². The van der Waals surface area contributed by atoms with Gasteiger partial charge in [0.1, 0.15) is 5.75 Å². The molecule has 0 atom stereocenters. The van der Waals surface area contributed by atoms with Gasteiger partial charge in [-0.25, -0.2) is 0 Å². The largest absolute Gasteiger partial charge is 0.497 e. The zero-order chi connectivity index (χ0) is 13.6. The van der Waals surface area contributed by atoms with Gasteiger partial charge >= 0.3 is 0 Å². The van der Waals surface area contributed by atoms with Gasteiger partial charge in [0.05, 0.1) is 7.11 Å². The number of hydrogen-bond acceptors (Lipinski definition) is 3. The topological polar surface area (TPSA) is 38.3 Å². The molecule has 1 aromatic rings. The smallest absolute Gasteiger partial charge is 0.221 e. The number of thioether (sulfide) groups is 1. The van der Waals surface area contributed by atoms with Crippen LogP contribution in [-0.2, 0) is 4.79 Å². The van der Waals surface area contributed by atoms with Crippen molar-refractivity contribution in [1.29, 1.82) is 0 Å². The molecular weight excluding hydrogens is 246 g/mol. The third-order valence-electron chi connectivity index (χ3n) is 2.17. The highest BCUT2D eigenvalue weighted by atomic mass is 32.2. The predicted octanol–water partition coefficient (Wildman–Crippen LogP) is 3.09. The van der Waals surface area contributed by atoms with Gasteiger partial charge in [0.15, 0.2) is 0 Å². The molecule has 0 bridgehead atoms. The molecule has 1 amide bonds. The number of methoxy groups -OCH3 is 1. The monoisotopic (exact) mass is 267 g/mol. The summed E-state index contributed by atoms with van der Waals surface area (Å²) in [6.07, 6.45) is 0.536. The quantitative estimate of drug-likeness (QED) is 0.833. The van der Waals surface area contributed by atoms with Gasteiger partial charge < -0.3 is 10.1 Å². The molecule has 0 fully saturated rings. The number of ether oxygens (including phenoxy) is 1. The molecular formula is C14H21NO2S. The van der Waals surface area contributed by atoms with Crippen molar-refractivity contribution >= 4 is 17.7 Å². The summed E-state index contributed by atoms with van der Waals surface area (Å²) in [5, 5.41) is 2.95. The summed E-state index contributed by atoms with van der Waals surface area (Å²) in [4.78, 5) is 12.8. The van der Waals surface area contributed by atoms with E-state index in [4.69, 9.17) is 4.74 Å². The lowest BCUT2D eigenvalue weighted by Gasteiger charge is -2.20. The first-order chi connectivity index (χ1) is 8.40. The number of amides is 1. The highest BCUT2D eigenvalue weighted by molar-refractivity contribution is 7.99. The summed E-state index contributed by atoms with van der Waals surface area (Å²) in [6.45, 7) is 5.96. The van der Waals surface area contributed by atoms with Crippen molar-refractivity contribution in [2.75, 3.05) is 12.9 Å². The molecule has 0 aromatic heterocycles. The summed E-state index contributed by atoms with van der Waals surface area (Å²) < 4.78 is 5.09. The van der Waals surface area contributed by atoms with Crippen LogP contribution in [0.4, 0.5) is 0 Å². The molecule has 1 aromatic carbocycles. The molecule has 0 saturated heterocycles. The molecule has 0 aliphatic rings. The van der Waals surface area contributed by atoms with Crippen molar-refractivity contribution in [2.24, 2.45) is 0 Å². The number of hydrogen-bond donors (Lipinski definition) is 1. The fraction of sp³-hybridized carbons (Fsp3) is 0.500. The van der Waals surface area contributed by atoms with Crippen LogP contribution in [0.15, 0.2) is 29.2 Å². The summed E-state index contributed by atoms with van der Waals surface area (Å²) in [5.41, 5.74) is -0.151. The lowest BCUT2D eigenvalue weighted by Crippen LogP contribution is -2.40. The van der Waals surface area contributed by atoms with E-state index in [1.54, 1.807) is 18.9 Å². The number of carbonyl (C=O) groups is 1. The van der Waals surface area contributed by atoms with E-state index < -0.39 is 0 Å². The fourth-order valence-electron chi connectivity index (χ4n) is 1.41. The van der Waals surface area contributed by atoms with E-state index >= 15 is 0 Å². The molecule has 0 saturated carbocycles. The number of nitrogens with one attached hydrogen (secondary N) is 1. The maximum absolute atomic E-state index is 11.6. The minimum Gasteiger partial charge on any atom is -0.497 e.